The number of pyridine rings is 2. The summed E-state index contributed by atoms with van der Waals surface area (Å²) in [7, 11) is 0. The fourth-order valence-electron chi connectivity index (χ4n) is 7.15. The summed E-state index contributed by atoms with van der Waals surface area (Å²) in [6.07, 6.45) is 12.4. The van der Waals surface area contributed by atoms with E-state index in [1.165, 1.54) is 25.7 Å². The van der Waals surface area contributed by atoms with E-state index in [9.17, 15) is 5.11 Å². The standard InChI is InChI=1S/C18H21N3O2.C18H21N3O/c22-15-1-3-16(4-2-15)23-17-9-14(10-20-11-17)21-8-6-18(13-21)5-7-19-12-18;1-2-4-16(5-3-1)22-17-10-15(11-20-12-17)21-9-7-18(14-21)6-8-19-13-18/h1-4,9-11,19,22H,5-8,12-13H2;1-5,10-12,19H,6-9,13-14H2. The predicted octanol–water partition coefficient (Wildman–Crippen LogP) is 5.83. The van der Waals surface area contributed by atoms with Crippen LogP contribution < -0.4 is 29.9 Å². The van der Waals surface area contributed by atoms with Gasteiger partial charge in [-0.3, -0.25) is 9.97 Å². The largest absolute Gasteiger partial charge is 0.508 e. The zero-order valence-electron chi connectivity index (χ0n) is 25.7. The van der Waals surface area contributed by atoms with E-state index < -0.39 is 0 Å². The molecule has 0 amide bonds. The lowest BCUT2D eigenvalue weighted by atomic mass is 9.86. The minimum atomic E-state index is 0.233. The van der Waals surface area contributed by atoms with E-state index in [2.05, 4.69) is 36.5 Å². The van der Waals surface area contributed by atoms with Crippen molar-refractivity contribution in [2.45, 2.75) is 25.7 Å². The third-order valence-corrected chi connectivity index (χ3v) is 9.72. The number of hydrogen-bond donors (Lipinski definition) is 3. The van der Waals surface area contributed by atoms with Gasteiger partial charge in [0.1, 0.15) is 28.7 Å². The summed E-state index contributed by atoms with van der Waals surface area (Å²) in [5, 5.41) is 16.3. The lowest BCUT2D eigenvalue weighted by Crippen LogP contribution is -2.29. The van der Waals surface area contributed by atoms with Crippen molar-refractivity contribution in [1.29, 1.82) is 0 Å². The molecule has 4 fully saturated rings. The molecule has 2 spiro atoms. The number of ether oxygens (including phenoxy) is 2. The Labute approximate surface area is 265 Å². The van der Waals surface area contributed by atoms with Crippen molar-refractivity contribution < 1.29 is 14.6 Å². The van der Waals surface area contributed by atoms with Gasteiger partial charge in [-0.15, -0.1) is 0 Å². The van der Waals surface area contributed by atoms with Gasteiger partial charge in [0, 0.05) is 62.2 Å². The number of hydrogen-bond acceptors (Lipinski definition) is 9. The highest BCUT2D eigenvalue weighted by atomic mass is 16.5. The number of anilines is 2. The molecule has 4 aliphatic heterocycles. The van der Waals surface area contributed by atoms with Crippen LogP contribution in [0.15, 0.2) is 91.5 Å². The van der Waals surface area contributed by atoms with Crippen LogP contribution in [0.3, 0.4) is 0 Å². The van der Waals surface area contributed by atoms with E-state index in [4.69, 9.17) is 9.47 Å². The predicted molar refractivity (Wildman–Crippen MR) is 177 cm³/mol. The number of benzene rings is 2. The van der Waals surface area contributed by atoms with Crippen molar-refractivity contribution in [1.82, 2.24) is 20.6 Å². The molecule has 2 aromatic carbocycles. The molecule has 0 saturated carbocycles. The SMILES string of the molecule is Oc1ccc(Oc2cncc(N3CCC4(CCNC4)C3)c2)cc1.c1ccc(Oc2cncc(N3CCC4(CCNC4)C3)c2)cc1. The second-order valence-electron chi connectivity index (χ2n) is 13.0. The second-order valence-corrected chi connectivity index (χ2v) is 13.0. The maximum atomic E-state index is 9.33. The highest BCUT2D eigenvalue weighted by Crippen LogP contribution is 2.40. The van der Waals surface area contributed by atoms with Crippen LogP contribution in [0.5, 0.6) is 28.7 Å². The van der Waals surface area contributed by atoms with Gasteiger partial charge in [-0.05, 0) is 75.2 Å². The molecule has 45 heavy (non-hydrogen) atoms. The minimum absolute atomic E-state index is 0.233. The summed E-state index contributed by atoms with van der Waals surface area (Å²) >= 11 is 0. The van der Waals surface area contributed by atoms with Gasteiger partial charge in [-0.2, -0.15) is 0 Å². The molecule has 6 heterocycles. The quantitative estimate of drug-likeness (QED) is 0.251. The van der Waals surface area contributed by atoms with Crippen LogP contribution in [0.2, 0.25) is 0 Å². The molecule has 4 saturated heterocycles. The zero-order chi connectivity index (χ0) is 30.5. The molecule has 9 nitrogen and oxygen atoms in total. The van der Waals surface area contributed by atoms with Gasteiger partial charge in [0.2, 0.25) is 0 Å². The van der Waals surface area contributed by atoms with Gasteiger partial charge in [0.05, 0.1) is 36.2 Å². The highest BCUT2D eigenvalue weighted by Gasteiger charge is 2.41. The van der Waals surface area contributed by atoms with E-state index in [0.717, 1.165) is 81.0 Å². The molecule has 3 N–H and O–H groups in total. The number of nitrogens with one attached hydrogen (secondary N) is 2. The normalized spacial score (nSPS) is 23.8. The van der Waals surface area contributed by atoms with Crippen LogP contribution >= 0.6 is 0 Å². The number of nitrogens with zero attached hydrogens (tertiary/aromatic N) is 4. The van der Waals surface area contributed by atoms with Gasteiger partial charge >= 0.3 is 0 Å². The number of aromatic nitrogens is 2. The topological polar surface area (TPSA) is 95.0 Å². The lowest BCUT2D eigenvalue weighted by molar-refractivity contribution is 0.369. The third kappa shape index (κ3) is 7.00. The molecule has 9 heteroatoms. The van der Waals surface area contributed by atoms with Gasteiger partial charge in [-0.1, -0.05) is 18.2 Å². The van der Waals surface area contributed by atoms with Crippen molar-refractivity contribution in [3.05, 3.63) is 91.5 Å². The Morgan fingerprint density at radius 3 is 1.60 bits per heavy atom. The Balaban J connectivity index is 0.000000145. The first-order chi connectivity index (χ1) is 22.1. The van der Waals surface area contributed by atoms with E-state index in [1.807, 2.05) is 48.8 Å². The molecule has 0 bridgehead atoms. The number of phenols is 1. The molecule has 234 valence electrons. The van der Waals surface area contributed by atoms with Crippen molar-refractivity contribution in [3.8, 4) is 28.7 Å². The second kappa shape index (κ2) is 12.9. The van der Waals surface area contributed by atoms with Crippen molar-refractivity contribution in [3.63, 3.8) is 0 Å². The first-order valence-corrected chi connectivity index (χ1v) is 16.1. The van der Waals surface area contributed by atoms with Crippen LogP contribution in [0, 0.1) is 10.8 Å². The van der Waals surface area contributed by atoms with E-state index >= 15 is 0 Å². The molecule has 2 unspecified atom stereocenters. The summed E-state index contributed by atoms with van der Waals surface area (Å²) in [6.45, 7) is 8.96. The fourth-order valence-corrected chi connectivity index (χ4v) is 7.15. The molecule has 0 aliphatic carbocycles. The smallest absolute Gasteiger partial charge is 0.147 e. The summed E-state index contributed by atoms with van der Waals surface area (Å²) < 4.78 is 11.7. The van der Waals surface area contributed by atoms with Gasteiger partial charge in [0.25, 0.3) is 0 Å². The van der Waals surface area contributed by atoms with Crippen LogP contribution in [-0.2, 0) is 0 Å². The Morgan fingerprint density at radius 1 is 0.600 bits per heavy atom. The van der Waals surface area contributed by atoms with Crippen LogP contribution in [0.25, 0.3) is 0 Å². The van der Waals surface area contributed by atoms with Crippen molar-refractivity contribution in [2.75, 3.05) is 62.2 Å². The molecule has 4 aromatic rings. The van der Waals surface area contributed by atoms with Crippen molar-refractivity contribution >= 4 is 11.4 Å². The Kier molecular flexibility index (Phi) is 8.45. The lowest BCUT2D eigenvalue weighted by Gasteiger charge is -2.24. The van der Waals surface area contributed by atoms with E-state index in [-0.39, 0.29) is 5.75 Å². The Morgan fingerprint density at radius 2 is 1.11 bits per heavy atom. The van der Waals surface area contributed by atoms with Crippen LogP contribution in [0.4, 0.5) is 11.4 Å². The van der Waals surface area contributed by atoms with Crippen molar-refractivity contribution in [2.24, 2.45) is 10.8 Å². The molecule has 2 atom stereocenters. The average molecular weight is 607 g/mol. The number of para-hydroxylation sites is 1. The highest BCUT2D eigenvalue weighted by molar-refractivity contribution is 5.51. The molecule has 0 radical (unpaired) electrons. The van der Waals surface area contributed by atoms with Crippen LogP contribution in [-0.4, -0.2) is 67.4 Å². The Hall–Kier alpha value is -4.34. The molecule has 2 aromatic heterocycles. The Bertz CT molecular complexity index is 1550. The number of phenolic OH excluding ortho intramolecular Hbond substituents is 1. The average Bonchev–Trinajstić information content (AvgIpc) is 3.90. The molecule has 8 rings (SSSR count). The minimum Gasteiger partial charge on any atom is -0.508 e. The third-order valence-electron chi connectivity index (χ3n) is 9.72. The molecular formula is C36H42N6O3. The maximum absolute atomic E-state index is 9.33. The summed E-state index contributed by atoms with van der Waals surface area (Å²) in [5.41, 5.74) is 3.19. The van der Waals surface area contributed by atoms with Gasteiger partial charge < -0.3 is 35.0 Å². The first kappa shape index (κ1) is 29.4. The van der Waals surface area contributed by atoms with E-state index in [1.54, 1.807) is 36.7 Å². The van der Waals surface area contributed by atoms with Crippen LogP contribution in [0.1, 0.15) is 25.7 Å². The number of aromatic hydroxyl groups is 1. The zero-order valence-corrected chi connectivity index (χ0v) is 25.7. The number of rotatable bonds is 6. The molecule has 4 aliphatic rings. The van der Waals surface area contributed by atoms with Gasteiger partial charge in [-0.25, -0.2) is 0 Å². The fraction of sp³-hybridized carbons (Fsp3) is 0.389. The maximum Gasteiger partial charge on any atom is 0.147 e. The summed E-state index contributed by atoms with van der Waals surface area (Å²) in [4.78, 5) is 13.5. The summed E-state index contributed by atoms with van der Waals surface area (Å²) in [5.74, 6) is 3.30. The van der Waals surface area contributed by atoms with Gasteiger partial charge in [0.15, 0.2) is 0 Å². The monoisotopic (exact) mass is 606 g/mol. The first-order valence-electron chi connectivity index (χ1n) is 16.1. The summed E-state index contributed by atoms with van der Waals surface area (Å²) in [6, 6.07) is 20.7. The van der Waals surface area contributed by atoms with E-state index in [0.29, 0.717) is 16.6 Å². The molecular weight excluding hydrogens is 564 g/mol.